The monoisotopic (exact) mass is 353 g/mol. The molecule has 1 N–H and O–H groups in total. The maximum Gasteiger partial charge on any atom is 0.255 e. The van der Waals surface area contributed by atoms with E-state index in [1.807, 2.05) is 19.1 Å². The Morgan fingerprint density at radius 2 is 2.00 bits per heavy atom. The molecule has 1 aromatic rings. The summed E-state index contributed by atoms with van der Waals surface area (Å²) >= 11 is 3.44. The van der Waals surface area contributed by atoms with Crippen LogP contribution in [0.5, 0.6) is 0 Å². The van der Waals surface area contributed by atoms with Gasteiger partial charge in [0.2, 0.25) is 5.91 Å². The van der Waals surface area contributed by atoms with Crippen molar-refractivity contribution in [3.05, 3.63) is 33.8 Å². The third-order valence-electron chi connectivity index (χ3n) is 3.61. The number of carbonyl (C=O) groups is 2. The van der Waals surface area contributed by atoms with Crippen LogP contribution in [-0.4, -0.2) is 61.4 Å². The van der Waals surface area contributed by atoms with E-state index in [-0.39, 0.29) is 18.4 Å². The van der Waals surface area contributed by atoms with Gasteiger partial charge in [-0.05, 0) is 34.5 Å². The zero-order valence-electron chi connectivity index (χ0n) is 12.4. The van der Waals surface area contributed by atoms with Crippen LogP contribution in [0.1, 0.15) is 15.9 Å². The Bertz CT molecular complexity index is 542. The van der Waals surface area contributed by atoms with Crippen LogP contribution in [0.4, 0.5) is 0 Å². The average Bonchev–Trinajstić information content (AvgIpc) is 2.50. The number of piperazine rings is 1. The lowest BCUT2D eigenvalue weighted by Crippen LogP contribution is -2.49. The molecule has 114 valence electrons. The topological polar surface area (TPSA) is 52.7 Å². The molecule has 1 saturated heterocycles. The number of nitrogens with zero attached hydrogens (tertiary/aromatic N) is 2. The average molecular weight is 354 g/mol. The lowest BCUT2D eigenvalue weighted by molar-refractivity contribution is -0.132. The molecule has 1 aromatic carbocycles. The van der Waals surface area contributed by atoms with E-state index in [1.54, 1.807) is 18.0 Å². The summed E-state index contributed by atoms with van der Waals surface area (Å²) in [4.78, 5) is 27.9. The Morgan fingerprint density at radius 1 is 1.33 bits per heavy atom. The molecule has 0 aromatic heterocycles. The first-order valence-electron chi connectivity index (χ1n) is 7.00. The highest BCUT2D eigenvalue weighted by atomic mass is 79.9. The number of nitrogens with one attached hydrogen (secondary N) is 1. The predicted octanol–water partition coefficient (Wildman–Crippen LogP) is 1.26. The largest absolute Gasteiger partial charge is 0.339 e. The van der Waals surface area contributed by atoms with Gasteiger partial charge in [-0.2, -0.15) is 0 Å². The molecular weight excluding hydrogens is 334 g/mol. The lowest BCUT2D eigenvalue weighted by Gasteiger charge is -2.29. The van der Waals surface area contributed by atoms with Crippen molar-refractivity contribution in [2.24, 2.45) is 0 Å². The molecule has 0 bridgehead atoms. The molecule has 1 heterocycles. The van der Waals surface area contributed by atoms with Crippen LogP contribution in [-0.2, 0) is 4.79 Å². The van der Waals surface area contributed by atoms with E-state index in [2.05, 4.69) is 21.2 Å². The summed E-state index contributed by atoms with van der Waals surface area (Å²) in [6.45, 7) is 5.08. The molecule has 0 saturated carbocycles. The first kappa shape index (κ1) is 16.0. The minimum Gasteiger partial charge on any atom is -0.339 e. The van der Waals surface area contributed by atoms with Gasteiger partial charge in [-0.25, -0.2) is 0 Å². The molecule has 0 aliphatic carbocycles. The molecule has 5 nitrogen and oxygen atoms in total. The number of hydrogen-bond acceptors (Lipinski definition) is 3. The maximum atomic E-state index is 12.4. The van der Waals surface area contributed by atoms with Crippen LogP contribution in [0, 0.1) is 6.92 Å². The van der Waals surface area contributed by atoms with Crippen molar-refractivity contribution < 1.29 is 9.59 Å². The van der Waals surface area contributed by atoms with Crippen molar-refractivity contribution in [2.45, 2.75) is 6.92 Å². The summed E-state index contributed by atoms with van der Waals surface area (Å²) in [5.74, 6) is -0.148. The summed E-state index contributed by atoms with van der Waals surface area (Å²) in [6.07, 6.45) is 0. The second-order valence-electron chi connectivity index (χ2n) is 5.23. The molecule has 6 heteroatoms. The quantitative estimate of drug-likeness (QED) is 0.889. The Kier molecular flexibility index (Phi) is 5.36. The van der Waals surface area contributed by atoms with Crippen LogP contribution in [0.25, 0.3) is 0 Å². The third kappa shape index (κ3) is 3.83. The van der Waals surface area contributed by atoms with Crippen molar-refractivity contribution in [2.75, 3.05) is 39.8 Å². The van der Waals surface area contributed by atoms with Gasteiger partial charge < -0.3 is 15.1 Å². The molecular formula is C15H20BrN3O2. The molecule has 1 aliphatic rings. The number of likely N-dealkylation sites (N-methyl/N-ethyl adjacent to an activating group) is 1. The predicted molar refractivity (Wildman–Crippen MR) is 85.3 cm³/mol. The second kappa shape index (κ2) is 7.04. The summed E-state index contributed by atoms with van der Waals surface area (Å²) in [5, 5.41) is 3.20. The highest BCUT2D eigenvalue weighted by Crippen LogP contribution is 2.22. The van der Waals surface area contributed by atoms with E-state index in [0.717, 1.165) is 23.1 Å². The third-order valence-corrected chi connectivity index (χ3v) is 4.66. The number of carbonyl (C=O) groups excluding carboxylic acids is 2. The fraction of sp³-hybridized carbons (Fsp3) is 0.467. The van der Waals surface area contributed by atoms with Gasteiger partial charge >= 0.3 is 0 Å². The van der Waals surface area contributed by atoms with Gasteiger partial charge in [0, 0.05) is 37.7 Å². The standard InChI is InChI=1S/C15H20BrN3O2/c1-11-4-3-5-12(14(11)16)15(21)18(2)10-13(20)19-8-6-17-7-9-19/h3-5,17H,6-10H2,1-2H3. The number of benzene rings is 1. The zero-order valence-corrected chi connectivity index (χ0v) is 13.9. The van der Waals surface area contributed by atoms with Crippen LogP contribution < -0.4 is 5.32 Å². The van der Waals surface area contributed by atoms with E-state index in [4.69, 9.17) is 0 Å². The van der Waals surface area contributed by atoms with Crippen molar-refractivity contribution in [3.8, 4) is 0 Å². The Labute approximate surface area is 133 Å². The molecule has 0 spiro atoms. The molecule has 0 unspecified atom stereocenters. The van der Waals surface area contributed by atoms with Crippen LogP contribution in [0.3, 0.4) is 0 Å². The fourth-order valence-electron chi connectivity index (χ4n) is 2.31. The fourth-order valence-corrected chi connectivity index (χ4v) is 2.74. The van der Waals surface area contributed by atoms with E-state index in [1.165, 1.54) is 4.90 Å². The Hall–Kier alpha value is -1.40. The van der Waals surface area contributed by atoms with Crippen LogP contribution in [0.2, 0.25) is 0 Å². The number of hydrogen-bond donors (Lipinski definition) is 1. The van der Waals surface area contributed by atoms with E-state index < -0.39 is 0 Å². The van der Waals surface area contributed by atoms with Gasteiger partial charge in [-0.15, -0.1) is 0 Å². The van der Waals surface area contributed by atoms with E-state index in [0.29, 0.717) is 18.7 Å². The first-order valence-corrected chi connectivity index (χ1v) is 7.79. The highest BCUT2D eigenvalue weighted by molar-refractivity contribution is 9.10. The van der Waals surface area contributed by atoms with E-state index >= 15 is 0 Å². The van der Waals surface area contributed by atoms with Gasteiger partial charge in [0.05, 0.1) is 12.1 Å². The van der Waals surface area contributed by atoms with Crippen molar-refractivity contribution in [1.29, 1.82) is 0 Å². The minimum absolute atomic E-state index is 0.00359. The number of halogens is 1. The smallest absolute Gasteiger partial charge is 0.255 e. The first-order chi connectivity index (χ1) is 10.0. The van der Waals surface area contributed by atoms with Crippen molar-refractivity contribution in [3.63, 3.8) is 0 Å². The van der Waals surface area contributed by atoms with Gasteiger partial charge in [-0.1, -0.05) is 12.1 Å². The summed E-state index contributed by atoms with van der Waals surface area (Å²) < 4.78 is 0.788. The van der Waals surface area contributed by atoms with Crippen molar-refractivity contribution >= 4 is 27.7 Å². The van der Waals surface area contributed by atoms with Gasteiger partial charge in [0.15, 0.2) is 0 Å². The number of aryl methyl sites for hydroxylation is 1. The second-order valence-corrected chi connectivity index (χ2v) is 6.02. The van der Waals surface area contributed by atoms with Gasteiger partial charge in [0.1, 0.15) is 0 Å². The number of amides is 2. The Balaban J connectivity index is 2.02. The van der Waals surface area contributed by atoms with E-state index in [9.17, 15) is 9.59 Å². The molecule has 2 rings (SSSR count). The SMILES string of the molecule is Cc1cccc(C(=O)N(C)CC(=O)N2CCNCC2)c1Br. The van der Waals surface area contributed by atoms with Crippen LogP contribution in [0.15, 0.2) is 22.7 Å². The van der Waals surface area contributed by atoms with Crippen molar-refractivity contribution in [1.82, 2.24) is 15.1 Å². The van der Waals surface area contributed by atoms with Gasteiger partial charge in [-0.3, -0.25) is 9.59 Å². The number of rotatable bonds is 3. The normalized spacial score (nSPS) is 14.9. The van der Waals surface area contributed by atoms with Gasteiger partial charge in [0.25, 0.3) is 5.91 Å². The molecule has 2 amide bonds. The Morgan fingerprint density at radius 3 is 2.67 bits per heavy atom. The molecule has 1 aliphatic heterocycles. The minimum atomic E-state index is -0.144. The summed E-state index contributed by atoms with van der Waals surface area (Å²) in [5.41, 5.74) is 1.59. The van der Waals surface area contributed by atoms with Crippen LogP contribution >= 0.6 is 15.9 Å². The lowest BCUT2D eigenvalue weighted by atomic mass is 10.1. The summed E-state index contributed by atoms with van der Waals surface area (Å²) in [7, 11) is 1.66. The molecule has 21 heavy (non-hydrogen) atoms. The molecule has 1 fully saturated rings. The summed E-state index contributed by atoms with van der Waals surface area (Å²) in [6, 6.07) is 5.55. The molecule has 0 radical (unpaired) electrons. The highest BCUT2D eigenvalue weighted by Gasteiger charge is 2.22. The molecule has 0 atom stereocenters. The maximum absolute atomic E-state index is 12.4. The zero-order chi connectivity index (χ0) is 15.4.